The van der Waals surface area contributed by atoms with Gasteiger partial charge in [-0.05, 0) is 48.3 Å². The molecule has 1 aliphatic heterocycles. The Kier molecular flexibility index (Phi) is 5.31. The molecule has 3 N–H and O–H groups in total. The number of anilines is 1. The fourth-order valence-corrected chi connectivity index (χ4v) is 4.30. The monoisotopic (exact) mass is 377 g/mol. The largest absolute Gasteiger partial charge is 0.338 e. The molecule has 1 aromatic carbocycles. The number of benzene rings is 1. The van der Waals surface area contributed by atoms with E-state index in [1.165, 1.54) is 0 Å². The molecule has 1 saturated carbocycles. The first-order valence-electron chi connectivity index (χ1n) is 9.28. The molecule has 1 saturated heterocycles. The molecule has 0 radical (unpaired) electrons. The lowest BCUT2D eigenvalue weighted by molar-refractivity contribution is -0.117. The highest BCUT2D eigenvalue weighted by atomic mass is 35.5. The Morgan fingerprint density at radius 2 is 2.00 bits per heavy atom. The molecule has 2 fully saturated rings. The van der Waals surface area contributed by atoms with Crippen LogP contribution in [0.1, 0.15) is 50.4 Å². The smallest absolute Gasteiger partial charge is 0.255 e. The van der Waals surface area contributed by atoms with Gasteiger partial charge in [0.25, 0.3) is 5.91 Å². The summed E-state index contributed by atoms with van der Waals surface area (Å²) in [5, 5.41) is 3.28. The Morgan fingerprint density at radius 3 is 2.65 bits per heavy atom. The lowest BCUT2D eigenvalue weighted by Gasteiger charge is -2.20. The Labute approximate surface area is 160 Å². The Bertz CT molecular complexity index is 713. The van der Waals surface area contributed by atoms with E-state index in [-0.39, 0.29) is 23.3 Å². The van der Waals surface area contributed by atoms with Crippen molar-refractivity contribution in [2.24, 2.45) is 23.0 Å². The number of hydrogen-bond donors (Lipinski definition) is 2. The van der Waals surface area contributed by atoms with Gasteiger partial charge in [0.15, 0.2) is 0 Å². The molecule has 142 valence electrons. The van der Waals surface area contributed by atoms with Gasteiger partial charge in [-0.1, -0.05) is 32.4 Å². The van der Waals surface area contributed by atoms with E-state index in [1.807, 2.05) is 25.7 Å². The van der Waals surface area contributed by atoms with Crippen LogP contribution in [0.25, 0.3) is 0 Å². The lowest BCUT2D eigenvalue weighted by atomic mass is 9.92. The van der Waals surface area contributed by atoms with Crippen molar-refractivity contribution in [2.75, 3.05) is 18.4 Å². The summed E-state index contributed by atoms with van der Waals surface area (Å²) in [5.74, 6) is 0.748. The van der Waals surface area contributed by atoms with Crippen molar-refractivity contribution in [3.63, 3.8) is 0 Å². The summed E-state index contributed by atoms with van der Waals surface area (Å²) in [6.07, 6.45) is 2.55. The van der Waals surface area contributed by atoms with E-state index in [9.17, 15) is 9.59 Å². The van der Waals surface area contributed by atoms with Gasteiger partial charge in [-0.2, -0.15) is 0 Å². The van der Waals surface area contributed by atoms with E-state index in [4.69, 9.17) is 17.3 Å². The Morgan fingerprint density at radius 1 is 1.27 bits per heavy atom. The number of carbonyl (C=O) groups excluding carboxylic acids is 2. The van der Waals surface area contributed by atoms with Gasteiger partial charge in [0.1, 0.15) is 0 Å². The van der Waals surface area contributed by atoms with Crippen LogP contribution in [0.4, 0.5) is 5.69 Å². The molecule has 3 atom stereocenters. The first-order valence-corrected chi connectivity index (χ1v) is 9.66. The summed E-state index contributed by atoms with van der Waals surface area (Å²) in [5.41, 5.74) is 7.11. The zero-order valence-electron chi connectivity index (χ0n) is 15.7. The normalized spacial score (nSPS) is 25.3. The molecule has 3 rings (SSSR count). The van der Waals surface area contributed by atoms with Crippen molar-refractivity contribution in [3.05, 3.63) is 28.8 Å². The van der Waals surface area contributed by atoms with E-state index in [1.54, 1.807) is 18.2 Å². The van der Waals surface area contributed by atoms with Gasteiger partial charge in [-0.3, -0.25) is 9.59 Å². The van der Waals surface area contributed by atoms with Crippen LogP contribution in [0.15, 0.2) is 18.2 Å². The average molecular weight is 378 g/mol. The van der Waals surface area contributed by atoms with Crippen LogP contribution in [0.5, 0.6) is 0 Å². The Balaban J connectivity index is 1.72. The van der Waals surface area contributed by atoms with Gasteiger partial charge in [-0.15, -0.1) is 0 Å². The van der Waals surface area contributed by atoms with Crippen molar-refractivity contribution in [1.29, 1.82) is 0 Å². The summed E-state index contributed by atoms with van der Waals surface area (Å²) in [7, 11) is 0. The SMILES string of the molecule is CC(C)(C)CC(=O)Nc1ccc(Cl)c(C(=O)N2CC3CCC(N)C3C2)c1. The van der Waals surface area contributed by atoms with Crippen LogP contribution in [-0.2, 0) is 4.79 Å². The Hall–Kier alpha value is -1.59. The molecule has 2 aliphatic rings. The standard InChI is InChI=1S/C20H28ClN3O2/c1-20(2,3)9-18(25)23-13-5-6-16(21)14(8-13)19(26)24-10-12-4-7-17(22)15(12)11-24/h5-6,8,12,15,17H,4,7,9-11,22H2,1-3H3,(H,23,25). The summed E-state index contributed by atoms with van der Waals surface area (Å²) in [6, 6.07) is 5.27. The van der Waals surface area contributed by atoms with Crippen molar-refractivity contribution >= 4 is 29.1 Å². The minimum absolute atomic E-state index is 0.0695. The van der Waals surface area contributed by atoms with Crippen molar-refractivity contribution in [2.45, 2.75) is 46.1 Å². The van der Waals surface area contributed by atoms with Gasteiger partial charge >= 0.3 is 0 Å². The number of carbonyl (C=O) groups is 2. The molecule has 26 heavy (non-hydrogen) atoms. The number of nitrogens with zero attached hydrogens (tertiary/aromatic N) is 1. The predicted molar refractivity (Wildman–Crippen MR) is 104 cm³/mol. The van der Waals surface area contributed by atoms with Gasteiger partial charge < -0.3 is 16.0 Å². The molecule has 0 bridgehead atoms. The van der Waals surface area contributed by atoms with E-state index in [2.05, 4.69) is 5.32 Å². The maximum Gasteiger partial charge on any atom is 0.255 e. The molecule has 3 unspecified atom stereocenters. The fraction of sp³-hybridized carbons (Fsp3) is 0.600. The summed E-state index contributed by atoms with van der Waals surface area (Å²) in [4.78, 5) is 27.0. The number of amides is 2. The van der Waals surface area contributed by atoms with E-state index in [0.29, 0.717) is 41.1 Å². The predicted octanol–water partition coefficient (Wildman–Crippen LogP) is 3.52. The van der Waals surface area contributed by atoms with E-state index < -0.39 is 0 Å². The van der Waals surface area contributed by atoms with Crippen LogP contribution < -0.4 is 11.1 Å². The first-order chi connectivity index (χ1) is 12.1. The minimum atomic E-state index is -0.0960. The van der Waals surface area contributed by atoms with Crippen molar-refractivity contribution in [1.82, 2.24) is 4.90 Å². The van der Waals surface area contributed by atoms with Crippen LogP contribution in [0.2, 0.25) is 5.02 Å². The summed E-state index contributed by atoms with van der Waals surface area (Å²) >= 11 is 6.28. The minimum Gasteiger partial charge on any atom is -0.338 e. The highest BCUT2D eigenvalue weighted by molar-refractivity contribution is 6.34. The zero-order chi connectivity index (χ0) is 19.1. The number of halogens is 1. The third kappa shape index (κ3) is 4.21. The molecule has 5 nitrogen and oxygen atoms in total. The van der Waals surface area contributed by atoms with Gasteiger partial charge in [0, 0.05) is 31.2 Å². The molecular weight excluding hydrogens is 350 g/mol. The van der Waals surface area contributed by atoms with Crippen LogP contribution >= 0.6 is 11.6 Å². The third-order valence-electron chi connectivity index (χ3n) is 5.37. The van der Waals surface area contributed by atoms with Crippen LogP contribution in [0.3, 0.4) is 0 Å². The molecule has 0 aromatic heterocycles. The average Bonchev–Trinajstić information content (AvgIpc) is 3.09. The molecule has 1 aliphatic carbocycles. The highest BCUT2D eigenvalue weighted by Gasteiger charge is 2.42. The molecule has 0 spiro atoms. The van der Waals surface area contributed by atoms with Gasteiger partial charge in [0.05, 0.1) is 10.6 Å². The lowest BCUT2D eigenvalue weighted by Crippen LogP contribution is -2.33. The third-order valence-corrected chi connectivity index (χ3v) is 5.70. The maximum absolute atomic E-state index is 13.0. The molecular formula is C20H28ClN3O2. The van der Waals surface area contributed by atoms with E-state index in [0.717, 1.165) is 19.4 Å². The van der Waals surface area contributed by atoms with Crippen molar-refractivity contribution < 1.29 is 9.59 Å². The number of likely N-dealkylation sites (tertiary alicyclic amines) is 1. The van der Waals surface area contributed by atoms with Gasteiger partial charge in [-0.25, -0.2) is 0 Å². The zero-order valence-corrected chi connectivity index (χ0v) is 16.5. The second-order valence-electron chi connectivity index (χ2n) is 8.86. The summed E-state index contributed by atoms with van der Waals surface area (Å²) < 4.78 is 0. The topological polar surface area (TPSA) is 75.4 Å². The van der Waals surface area contributed by atoms with Gasteiger partial charge in [0.2, 0.25) is 5.91 Å². The molecule has 2 amide bonds. The molecule has 6 heteroatoms. The number of fused-ring (bicyclic) bond motifs is 1. The van der Waals surface area contributed by atoms with Crippen LogP contribution in [-0.4, -0.2) is 35.8 Å². The van der Waals surface area contributed by atoms with Crippen molar-refractivity contribution in [3.8, 4) is 0 Å². The number of hydrogen-bond acceptors (Lipinski definition) is 3. The number of nitrogens with one attached hydrogen (secondary N) is 1. The second-order valence-corrected chi connectivity index (χ2v) is 9.26. The highest BCUT2D eigenvalue weighted by Crippen LogP contribution is 2.38. The van der Waals surface area contributed by atoms with Crippen LogP contribution in [0, 0.1) is 17.3 Å². The maximum atomic E-state index is 13.0. The fourth-order valence-electron chi connectivity index (χ4n) is 4.10. The summed E-state index contributed by atoms with van der Waals surface area (Å²) in [6.45, 7) is 7.48. The second kappa shape index (κ2) is 7.20. The number of rotatable bonds is 3. The molecule has 1 heterocycles. The van der Waals surface area contributed by atoms with E-state index >= 15 is 0 Å². The molecule has 1 aromatic rings. The quantitative estimate of drug-likeness (QED) is 0.846. The first kappa shape index (κ1) is 19.2. The number of nitrogens with two attached hydrogens (primary N) is 1.